The molecule has 4 aliphatic carbocycles. The summed E-state index contributed by atoms with van der Waals surface area (Å²) in [5, 5.41) is 19.2. The van der Waals surface area contributed by atoms with Gasteiger partial charge < -0.3 is 10.2 Å². The standard InChI is InChI=1S/C24H36O5/c1-13(4-7-21(28)29)16-5-6-17-22-18(12-20(27)24(16,17)3)23(2)9-8-15(25)10-14(23)11-19(22)26/h13-18,22,25H,4-12H2,1-3H3,(H,28,29)/t13-,14+,15-,16-,17?,18?,22?,23+,24-/m1/s1. The third kappa shape index (κ3) is 3.10. The zero-order valence-corrected chi connectivity index (χ0v) is 18.0. The van der Waals surface area contributed by atoms with Gasteiger partial charge >= 0.3 is 5.97 Å². The number of rotatable bonds is 4. The lowest BCUT2D eigenvalue weighted by molar-refractivity contribution is -0.168. The van der Waals surface area contributed by atoms with Crippen LogP contribution >= 0.6 is 0 Å². The molecule has 0 aromatic carbocycles. The second-order valence-electron chi connectivity index (χ2n) is 11.0. The van der Waals surface area contributed by atoms with Crippen molar-refractivity contribution < 1.29 is 24.6 Å². The molecule has 0 spiro atoms. The summed E-state index contributed by atoms with van der Waals surface area (Å²) in [6.45, 7) is 6.44. The minimum atomic E-state index is -0.785. The van der Waals surface area contributed by atoms with Crippen molar-refractivity contribution in [3.05, 3.63) is 0 Å². The van der Waals surface area contributed by atoms with Gasteiger partial charge in [-0.15, -0.1) is 0 Å². The Morgan fingerprint density at radius 3 is 2.55 bits per heavy atom. The molecule has 0 aromatic heterocycles. The number of aliphatic hydroxyl groups is 1. The number of fused-ring (bicyclic) bond motifs is 5. The average Bonchev–Trinajstić information content (AvgIpc) is 3.01. The molecular weight excluding hydrogens is 368 g/mol. The zero-order valence-electron chi connectivity index (χ0n) is 18.0. The molecule has 0 radical (unpaired) electrons. The van der Waals surface area contributed by atoms with Crippen LogP contribution in [0.3, 0.4) is 0 Å². The third-order valence-corrected chi connectivity index (χ3v) is 9.87. The minimum absolute atomic E-state index is 0.0260. The molecule has 4 aliphatic rings. The van der Waals surface area contributed by atoms with Gasteiger partial charge in [-0.25, -0.2) is 0 Å². The van der Waals surface area contributed by atoms with Gasteiger partial charge in [0.15, 0.2) is 0 Å². The Morgan fingerprint density at radius 1 is 1.14 bits per heavy atom. The van der Waals surface area contributed by atoms with Crippen molar-refractivity contribution in [1.29, 1.82) is 0 Å². The molecule has 4 rings (SSSR count). The van der Waals surface area contributed by atoms with E-state index in [1.165, 1.54) is 0 Å². The predicted octanol–water partition coefficient (Wildman–Crippen LogP) is 3.87. The number of carboxylic acids is 1. The fourth-order valence-electron chi connectivity index (χ4n) is 8.13. The highest BCUT2D eigenvalue weighted by Crippen LogP contribution is 2.66. The van der Waals surface area contributed by atoms with E-state index in [2.05, 4.69) is 20.8 Å². The van der Waals surface area contributed by atoms with Crippen LogP contribution < -0.4 is 0 Å². The van der Waals surface area contributed by atoms with E-state index in [-0.39, 0.29) is 53.4 Å². The number of hydrogen-bond acceptors (Lipinski definition) is 4. The molecule has 5 nitrogen and oxygen atoms in total. The summed E-state index contributed by atoms with van der Waals surface area (Å²) in [6.07, 6.45) is 5.64. The second kappa shape index (κ2) is 7.18. The molecule has 0 bridgehead atoms. The number of carbonyl (C=O) groups excluding carboxylic acids is 2. The van der Waals surface area contributed by atoms with E-state index >= 15 is 0 Å². The topological polar surface area (TPSA) is 91.7 Å². The van der Waals surface area contributed by atoms with Gasteiger partial charge in [0.1, 0.15) is 11.6 Å². The molecule has 4 saturated carbocycles. The van der Waals surface area contributed by atoms with Crippen LogP contribution in [-0.2, 0) is 14.4 Å². The Bertz CT molecular complexity index is 716. The van der Waals surface area contributed by atoms with Crippen LogP contribution in [0.5, 0.6) is 0 Å². The molecule has 2 N–H and O–H groups in total. The van der Waals surface area contributed by atoms with E-state index in [0.717, 1.165) is 25.7 Å². The molecule has 29 heavy (non-hydrogen) atoms. The van der Waals surface area contributed by atoms with Crippen LogP contribution in [0.2, 0.25) is 0 Å². The molecule has 0 amide bonds. The number of hydrogen-bond donors (Lipinski definition) is 2. The average molecular weight is 405 g/mol. The molecule has 5 heteroatoms. The summed E-state index contributed by atoms with van der Waals surface area (Å²) in [7, 11) is 0. The molecular formula is C24H36O5. The van der Waals surface area contributed by atoms with Crippen molar-refractivity contribution in [3.63, 3.8) is 0 Å². The molecule has 9 atom stereocenters. The molecule has 0 heterocycles. The number of aliphatic carboxylic acids is 1. The maximum absolute atomic E-state index is 13.6. The molecule has 3 unspecified atom stereocenters. The predicted molar refractivity (Wildman–Crippen MR) is 108 cm³/mol. The van der Waals surface area contributed by atoms with Gasteiger partial charge in [0, 0.05) is 30.6 Å². The first-order chi connectivity index (χ1) is 13.6. The van der Waals surface area contributed by atoms with Gasteiger partial charge in [-0.05, 0) is 73.5 Å². The molecule has 0 saturated heterocycles. The van der Waals surface area contributed by atoms with E-state index in [4.69, 9.17) is 5.11 Å². The summed E-state index contributed by atoms with van der Waals surface area (Å²) in [6, 6.07) is 0. The zero-order chi connectivity index (χ0) is 21.1. The molecule has 0 aromatic rings. The van der Waals surface area contributed by atoms with Crippen molar-refractivity contribution in [1.82, 2.24) is 0 Å². The first kappa shape index (κ1) is 21.0. The SMILES string of the molecule is C[C@H](CCC(=O)O)[C@H]1CCC2C3C(=O)C[C@@H]4C[C@H](O)CC[C@]4(C)C3CC(=O)[C@@]21C. The summed E-state index contributed by atoms with van der Waals surface area (Å²) >= 11 is 0. The van der Waals surface area contributed by atoms with Gasteiger partial charge in [-0.3, -0.25) is 14.4 Å². The molecule has 162 valence electrons. The number of Topliss-reactive ketones (excluding diaryl/α,β-unsaturated/α-hetero) is 2. The van der Waals surface area contributed by atoms with Crippen molar-refractivity contribution in [2.75, 3.05) is 0 Å². The van der Waals surface area contributed by atoms with Crippen LogP contribution in [0.25, 0.3) is 0 Å². The van der Waals surface area contributed by atoms with Crippen LogP contribution in [0.4, 0.5) is 0 Å². The van der Waals surface area contributed by atoms with Crippen LogP contribution in [0, 0.1) is 46.3 Å². The summed E-state index contributed by atoms with van der Waals surface area (Å²) in [4.78, 5) is 38.0. The lowest BCUT2D eigenvalue weighted by Crippen LogP contribution is -2.60. The fourth-order valence-corrected chi connectivity index (χ4v) is 8.13. The summed E-state index contributed by atoms with van der Waals surface area (Å²) in [5.41, 5.74) is -0.520. The van der Waals surface area contributed by atoms with Gasteiger partial charge in [0.25, 0.3) is 0 Å². The Kier molecular flexibility index (Phi) is 5.20. The third-order valence-electron chi connectivity index (χ3n) is 9.87. The van der Waals surface area contributed by atoms with Gasteiger partial charge in [-0.2, -0.15) is 0 Å². The maximum atomic E-state index is 13.6. The smallest absolute Gasteiger partial charge is 0.303 e. The number of carbonyl (C=O) groups is 3. The van der Waals surface area contributed by atoms with Crippen LogP contribution in [0.15, 0.2) is 0 Å². The highest BCUT2D eigenvalue weighted by molar-refractivity contribution is 5.92. The Balaban J connectivity index is 1.62. The van der Waals surface area contributed by atoms with E-state index in [1.54, 1.807) is 0 Å². The van der Waals surface area contributed by atoms with Gasteiger partial charge in [-0.1, -0.05) is 20.8 Å². The van der Waals surface area contributed by atoms with E-state index < -0.39 is 11.4 Å². The number of ketones is 2. The van der Waals surface area contributed by atoms with Crippen molar-refractivity contribution in [2.24, 2.45) is 46.3 Å². The van der Waals surface area contributed by atoms with Gasteiger partial charge in [0.2, 0.25) is 0 Å². The Morgan fingerprint density at radius 2 is 1.86 bits per heavy atom. The number of aliphatic hydroxyl groups excluding tert-OH is 1. The highest BCUT2D eigenvalue weighted by atomic mass is 16.4. The Labute approximate surface area is 173 Å². The maximum Gasteiger partial charge on any atom is 0.303 e. The van der Waals surface area contributed by atoms with E-state index in [9.17, 15) is 19.5 Å². The van der Waals surface area contributed by atoms with Crippen molar-refractivity contribution in [2.45, 2.75) is 84.7 Å². The fraction of sp³-hybridized carbons (Fsp3) is 0.875. The van der Waals surface area contributed by atoms with E-state index in [0.29, 0.717) is 37.2 Å². The van der Waals surface area contributed by atoms with E-state index in [1.807, 2.05) is 0 Å². The number of carboxylic acid groups (broad SMARTS) is 1. The first-order valence-electron chi connectivity index (χ1n) is 11.5. The van der Waals surface area contributed by atoms with Crippen LogP contribution in [0.1, 0.15) is 78.6 Å². The Hall–Kier alpha value is -1.23. The normalized spacial score (nSPS) is 47.9. The lowest BCUT2D eigenvalue weighted by atomic mass is 9.43. The summed E-state index contributed by atoms with van der Waals surface area (Å²) < 4.78 is 0. The van der Waals surface area contributed by atoms with Crippen molar-refractivity contribution in [3.8, 4) is 0 Å². The monoisotopic (exact) mass is 404 g/mol. The lowest BCUT2D eigenvalue weighted by Gasteiger charge is -2.59. The molecule has 4 fully saturated rings. The first-order valence-corrected chi connectivity index (χ1v) is 11.5. The second-order valence-corrected chi connectivity index (χ2v) is 11.0. The quantitative estimate of drug-likeness (QED) is 0.742. The summed E-state index contributed by atoms with van der Waals surface area (Å²) in [5.74, 6) is 0.550. The minimum Gasteiger partial charge on any atom is -0.481 e. The van der Waals surface area contributed by atoms with Gasteiger partial charge in [0.05, 0.1) is 6.10 Å². The van der Waals surface area contributed by atoms with Crippen LogP contribution in [-0.4, -0.2) is 33.9 Å². The van der Waals surface area contributed by atoms with Crippen molar-refractivity contribution >= 4 is 17.5 Å². The largest absolute Gasteiger partial charge is 0.481 e. The molecule has 0 aliphatic heterocycles. The highest BCUT2D eigenvalue weighted by Gasteiger charge is 2.66.